The minimum atomic E-state index is -0.346. The van der Waals surface area contributed by atoms with Crippen LogP contribution in [0.3, 0.4) is 0 Å². The van der Waals surface area contributed by atoms with Crippen molar-refractivity contribution in [2.75, 3.05) is 12.4 Å². The van der Waals surface area contributed by atoms with Crippen LogP contribution in [0.1, 0.15) is 33.4 Å². The fourth-order valence-corrected chi connectivity index (χ4v) is 4.19. The number of anilines is 1. The van der Waals surface area contributed by atoms with Crippen molar-refractivity contribution in [3.05, 3.63) is 99.7 Å². The van der Waals surface area contributed by atoms with Gasteiger partial charge in [-0.1, -0.05) is 54.1 Å². The maximum absolute atomic E-state index is 13.7. The third-order valence-corrected chi connectivity index (χ3v) is 5.99. The van der Waals surface area contributed by atoms with Gasteiger partial charge in [-0.2, -0.15) is 0 Å². The summed E-state index contributed by atoms with van der Waals surface area (Å²) in [7, 11) is 1.58. The number of para-hydroxylation sites is 1. The average Bonchev–Trinajstić information content (AvgIpc) is 3.01. The van der Waals surface area contributed by atoms with Crippen molar-refractivity contribution >= 4 is 23.1 Å². The minimum absolute atomic E-state index is 0.133. The van der Waals surface area contributed by atoms with Crippen molar-refractivity contribution in [1.29, 1.82) is 0 Å². The zero-order valence-electron chi connectivity index (χ0n) is 19.7. The standard InChI is InChI=1S/C28H28N2O3/c1-17-11-13-22(20(4)14-17)25-26(29-23-15-18(2)10-12-19(23)3)28(32)30(27(25)31)16-21-8-6-7-9-24(21)33-5/h6-15,29H,16H2,1-5H3. The van der Waals surface area contributed by atoms with Crippen LogP contribution in [0.5, 0.6) is 5.75 Å². The molecule has 0 unspecified atom stereocenters. The molecule has 1 heterocycles. The number of ether oxygens (including phenoxy) is 1. The summed E-state index contributed by atoms with van der Waals surface area (Å²) in [6, 6.07) is 19.4. The number of amides is 2. The molecule has 0 atom stereocenters. The van der Waals surface area contributed by atoms with Crippen LogP contribution in [0.15, 0.2) is 66.4 Å². The lowest BCUT2D eigenvalue weighted by molar-refractivity contribution is -0.137. The van der Waals surface area contributed by atoms with Gasteiger partial charge in [0, 0.05) is 11.3 Å². The predicted molar refractivity (Wildman–Crippen MR) is 131 cm³/mol. The van der Waals surface area contributed by atoms with Crippen molar-refractivity contribution < 1.29 is 14.3 Å². The molecule has 0 saturated carbocycles. The molecule has 0 fully saturated rings. The number of methoxy groups -OCH3 is 1. The molecule has 1 aliphatic heterocycles. The van der Waals surface area contributed by atoms with E-state index in [1.54, 1.807) is 7.11 Å². The summed E-state index contributed by atoms with van der Waals surface area (Å²) < 4.78 is 5.44. The molecule has 5 nitrogen and oxygen atoms in total. The van der Waals surface area contributed by atoms with Crippen LogP contribution in [0.2, 0.25) is 0 Å². The van der Waals surface area contributed by atoms with Crippen LogP contribution < -0.4 is 10.1 Å². The van der Waals surface area contributed by atoms with E-state index >= 15 is 0 Å². The second kappa shape index (κ2) is 8.94. The van der Waals surface area contributed by atoms with Gasteiger partial charge in [0.2, 0.25) is 0 Å². The van der Waals surface area contributed by atoms with Crippen molar-refractivity contribution in [2.24, 2.45) is 0 Å². The van der Waals surface area contributed by atoms with Gasteiger partial charge in [-0.3, -0.25) is 14.5 Å². The Morgan fingerprint density at radius 1 is 0.818 bits per heavy atom. The van der Waals surface area contributed by atoms with Crippen LogP contribution in [-0.2, 0) is 16.1 Å². The number of nitrogens with one attached hydrogen (secondary N) is 1. The predicted octanol–water partition coefficient (Wildman–Crippen LogP) is 5.32. The third kappa shape index (κ3) is 4.27. The first kappa shape index (κ1) is 22.3. The van der Waals surface area contributed by atoms with Gasteiger partial charge in [-0.05, 0) is 62.1 Å². The summed E-state index contributed by atoms with van der Waals surface area (Å²) in [5.41, 5.74) is 7.16. The number of benzene rings is 3. The summed E-state index contributed by atoms with van der Waals surface area (Å²) >= 11 is 0. The van der Waals surface area contributed by atoms with Gasteiger partial charge in [0.05, 0.1) is 19.2 Å². The topological polar surface area (TPSA) is 58.6 Å². The zero-order valence-corrected chi connectivity index (χ0v) is 19.7. The van der Waals surface area contributed by atoms with Crippen LogP contribution in [0.4, 0.5) is 5.69 Å². The van der Waals surface area contributed by atoms with Crippen molar-refractivity contribution in [3.8, 4) is 5.75 Å². The molecule has 3 aromatic rings. The number of hydrogen-bond acceptors (Lipinski definition) is 4. The Morgan fingerprint density at radius 3 is 2.24 bits per heavy atom. The Kier molecular flexibility index (Phi) is 6.05. The Morgan fingerprint density at radius 2 is 1.52 bits per heavy atom. The molecular weight excluding hydrogens is 412 g/mol. The van der Waals surface area contributed by atoms with Crippen molar-refractivity contribution in [1.82, 2.24) is 4.90 Å². The molecule has 0 bridgehead atoms. The lowest BCUT2D eigenvalue weighted by atomic mass is 9.97. The van der Waals surface area contributed by atoms with E-state index in [0.717, 1.165) is 39.1 Å². The molecule has 4 rings (SSSR count). The zero-order chi connectivity index (χ0) is 23.7. The smallest absolute Gasteiger partial charge is 0.278 e. The third-order valence-electron chi connectivity index (χ3n) is 5.99. The molecule has 2 amide bonds. The van der Waals surface area contributed by atoms with E-state index in [1.807, 2.05) is 88.4 Å². The normalized spacial score (nSPS) is 13.7. The molecular formula is C28H28N2O3. The van der Waals surface area contributed by atoms with Crippen LogP contribution in [0, 0.1) is 27.7 Å². The van der Waals surface area contributed by atoms with E-state index in [4.69, 9.17) is 4.74 Å². The number of aryl methyl sites for hydroxylation is 4. The van der Waals surface area contributed by atoms with E-state index in [2.05, 4.69) is 5.32 Å². The summed E-state index contributed by atoms with van der Waals surface area (Å²) in [5.74, 6) is -0.0189. The van der Waals surface area contributed by atoms with E-state index in [9.17, 15) is 9.59 Å². The maximum Gasteiger partial charge on any atom is 0.278 e. The molecule has 0 saturated heterocycles. The van der Waals surface area contributed by atoms with E-state index < -0.39 is 0 Å². The fourth-order valence-electron chi connectivity index (χ4n) is 4.19. The van der Waals surface area contributed by atoms with Crippen LogP contribution >= 0.6 is 0 Å². The molecule has 168 valence electrons. The first-order valence-electron chi connectivity index (χ1n) is 10.9. The number of carbonyl (C=O) groups excluding carboxylic acids is 2. The van der Waals surface area contributed by atoms with Crippen LogP contribution in [0.25, 0.3) is 5.57 Å². The molecule has 0 spiro atoms. The SMILES string of the molecule is COc1ccccc1CN1C(=O)C(Nc2cc(C)ccc2C)=C(c2ccc(C)cc2C)C1=O. The number of nitrogens with zero attached hydrogens (tertiary/aromatic N) is 1. The number of imide groups is 1. The van der Waals surface area contributed by atoms with Crippen molar-refractivity contribution in [2.45, 2.75) is 34.2 Å². The van der Waals surface area contributed by atoms with E-state index in [0.29, 0.717) is 17.0 Å². The quantitative estimate of drug-likeness (QED) is 0.527. The molecule has 0 radical (unpaired) electrons. The summed E-state index contributed by atoms with van der Waals surface area (Å²) in [6.07, 6.45) is 0. The van der Waals surface area contributed by atoms with Gasteiger partial charge in [0.1, 0.15) is 11.4 Å². The Bertz CT molecular complexity index is 1290. The van der Waals surface area contributed by atoms with E-state index in [-0.39, 0.29) is 18.4 Å². The van der Waals surface area contributed by atoms with Crippen molar-refractivity contribution in [3.63, 3.8) is 0 Å². The first-order chi connectivity index (χ1) is 15.8. The molecule has 1 N–H and O–H groups in total. The first-order valence-corrected chi connectivity index (χ1v) is 10.9. The highest BCUT2D eigenvalue weighted by Crippen LogP contribution is 2.35. The molecule has 5 heteroatoms. The maximum atomic E-state index is 13.7. The van der Waals surface area contributed by atoms with Gasteiger partial charge >= 0.3 is 0 Å². The summed E-state index contributed by atoms with van der Waals surface area (Å²) in [5, 5.41) is 3.30. The molecule has 0 aliphatic carbocycles. The highest BCUT2D eigenvalue weighted by atomic mass is 16.5. The van der Waals surface area contributed by atoms with Gasteiger partial charge in [0.25, 0.3) is 11.8 Å². The number of rotatable bonds is 6. The second-order valence-corrected chi connectivity index (χ2v) is 8.52. The molecule has 33 heavy (non-hydrogen) atoms. The molecule has 1 aliphatic rings. The monoisotopic (exact) mass is 440 g/mol. The Labute approximate surface area is 194 Å². The highest BCUT2D eigenvalue weighted by molar-refractivity contribution is 6.36. The summed E-state index contributed by atoms with van der Waals surface area (Å²) in [6.45, 7) is 8.09. The number of carbonyl (C=O) groups is 2. The Hall–Kier alpha value is -3.86. The summed E-state index contributed by atoms with van der Waals surface area (Å²) in [4.78, 5) is 28.6. The largest absolute Gasteiger partial charge is 0.496 e. The molecule has 3 aromatic carbocycles. The Balaban J connectivity index is 1.81. The van der Waals surface area contributed by atoms with Gasteiger partial charge in [0.15, 0.2) is 0 Å². The van der Waals surface area contributed by atoms with Gasteiger partial charge < -0.3 is 10.1 Å². The average molecular weight is 441 g/mol. The number of hydrogen-bond donors (Lipinski definition) is 1. The van der Waals surface area contributed by atoms with Gasteiger partial charge in [-0.15, -0.1) is 0 Å². The lowest BCUT2D eigenvalue weighted by Gasteiger charge is -2.17. The minimum Gasteiger partial charge on any atom is -0.496 e. The fraction of sp³-hybridized carbons (Fsp3) is 0.214. The second-order valence-electron chi connectivity index (χ2n) is 8.52. The highest BCUT2D eigenvalue weighted by Gasteiger charge is 2.40. The van der Waals surface area contributed by atoms with E-state index in [1.165, 1.54) is 4.90 Å². The lowest BCUT2D eigenvalue weighted by Crippen LogP contribution is -2.32. The molecule has 0 aromatic heterocycles. The van der Waals surface area contributed by atoms with Gasteiger partial charge in [-0.25, -0.2) is 0 Å². The van der Waals surface area contributed by atoms with Crippen LogP contribution in [-0.4, -0.2) is 23.8 Å².